The van der Waals surface area contributed by atoms with Crippen molar-refractivity contribution in [3.05, 3.63) is 63.2 Å². The Kier molecular flexibility index (Phi) is 5.63. The van der Waals surface area contributed by atoms with Crippen LogP contribution in [-0.2, 0) is 9.47 Å². The second-order valence-corrected chi connectivity index (χ2v) is 4.99. The molecule has 0 saturated heterocycles. The molecule has 0 unspecified atom stereocenters. The topological polar surface area (TPSA) is 131 Å². The summed E-state index contributed by atoms with van der Waals surface area (Å²) in [5.74, 6) is -1.84. The normalized spacial score (nSPS) is 10.5. The minimum absolute atomic E-state index is 0.0118. The highest BCUT2D eigenvalue weighted by Crippen LogP contribution is 2.22. The van der Waals surface area contributed by atoms with Gasteiger partial charge in [0.1, 0.15) is 0 Å². The van der Waals surface area contributed by atoms with Gasteiger partial charge in [-0.25, -0.2) is 9.59 Å². The molecule has 0 amide bonds. The molecule has 0 spiro atoms. The number of methoxy groups -OCH3 is 2. The quantitative estimate of drug-likeness (QED) is 0.346. The number of benzene rings is 2. The zero-order valence-electron chi connectivity index (χ0n) is 13.8. The summed E-state index contributed by atoms with van der Waals surface area (Å²) in [6.45, 7) is 0. The number of rotatable bonds is 5. The molecule has 0 saturated carbocycles. The third-order valence-corrected chi connectivity index (χ3v) is 3.32. The Labute approximate surface area is 147 Å². The molecule has 0 aliphatic heterocycles. The lowest BCUT2D eigenvalue weighted by Crippen LogP contribution is -2.06. The summed E-state index contributed by atoms with van der Waals surface area (Å²) >= 11 is 0. The van der Waals surface area contributed by atoms with Gasteiger partial charge < -0.3 is 14.6 Å². The predicted molar refractivity (Wildman–Crippen MR) is 88.9 cm³/mol. The first-order chi connectivity index (χ1) is 12.3. The maximum atomic E-state index is 11.8. The number of aliphatic imine (C=N–C) groups is 1. The summed E-state index contributed by atoms with van der Waals surface area (Å²) in [6, 6.07) is 7.20. The van der Waals surface area contributed by atoms with E-state index in [1.165, 1.54) is 32.4 Å². The Balaban J connectivity index is 2.46. The average Bonchev–Trinajstić information content (AvgIpc) is 2.65. The fourth-order valence-electron chi connectivity index (χ4n) is 2.05. The van der Waals surface area contributed by atoms with Gasteiger partial charge in [-0.3, -0.25) is 15.1 Å². The van der Waals surface area contributed by atoms with Crippen molar-refractivity contribution in [2.75, 3.05) is 14.2 Å². The molecule has 0 aliphatic carbocycles. The second kappa shape index (κ2) is 7.88. The lowest BCUT2D eigenvalue weighted by molar-refractivity contribution is -0.385. The van der Waals surface area contributed by atoms with Crippen molar-refractivity contribution in [3.8, 4) is 5.75 Å². The van der Waals surface area contributed by atoms with E-state index in [4.69, 9.17) is 0 Å². The Morgan fingerprint density at radius 2 is 1.62 bits per heavy atom. The highest BCUT2D eigenvalue weighted by molar-refractivity contribution is 5.97. The average molecular weight is 357 g/mol. The Hall–Kier alpha value is -3.75. The second-order valence-electron chi connectivity index (χ2n) is 4.99. The molecule has 0 radical (unpaired) electrons. The van der Waals surface area contributed by atoms with Gasteiger partial charge >= 0.3 is 11.9 Å². The van der Waals surface area contributed by atoms with E-state index in [-0.39, 0.29) is 28.1 Å². The van der Waals surface area contributed by atoms with Gasteiger partial charge in [0.05, 0.1) is 36.0 Å². The maximum absolute atomic E-state index is 11.8. The summed E-state index contributed by atoms with van der Waals surface area (Å²) in [7, 11) is 2.37. The molecule has 0 N–H and O–H groups in total. The van der Waals surface area contributed by atoms with E-state index in [2.05, 4.69) is 14.5 Å². The Morgan fingerprint density at radius 3 is 2.12 bits per heavy atom. The van der Waals surface area contributed by atoms with Gasteiger partial charge in [-0.05, 0) is 23.8 Å². The van der Waals surface area contributed by atoms with Crippen molar-refractivity contribution in [2.45, 2.75) is 0 Å². The molecular weight excluding hydrogens is 344 g/mol. The van der Waals surface area contributed by atoms with Gasteiger partial charge in [0.2, 0.25) is 0 Å². The molecule has 0 aromatic heterocycles. The molecule has 134 valence electrons. The van der Waals surface area contributed by atoms with Gasteiger partial charge in [0.25, 0.3) is 5.69 Å². The fraction of sp³-hybridized carbons (Fsp3) is 0.118. The number of nitro benzene ring substituents is 1. The largest absolute Gasteiger partial charge is 0.872 e. The minimum Gasteiger partial charge on any atom is -0.872 e. The van der Waals surface area contributed by atoms with Crippen LogP contribution in [0.15, 0.2) is 41.4 Å². The summed E-state index contributed by atoms with van der Waals surface area (Å²) < 4.78 is 9.23. The molecule has 2 aromatic rings. The molecule has 9 heteroatoms. The van der Waals surface area contributed by atoms with Crippen LogP contribution in [0.2, 0.25) is 0 Å². The van der Waals surface area contributed by atoms with Crippen LogP contribution in [-0.4, -0.2) is 37.3 Å². The fourth-order valence-corrected chi connectivity index (χ4v) is 2.05. The summed E-state index contributed by atoms with van der Waals surface area (Å²) in [5.41, 5.74) is 0.0129. The SMILES string of the molecule is COC(=O)c1cc(N=Cc2cc([N+](=O)[O-])ccc2[O-])cc(C(=O)OC)c1. The van der Waals surface area contributed by atoms with Crippen LogP contribution in [0.25, 0.3) is 0 Å². The minimum atomic E-state index is -0.688. The molecule has 0 fully saturated rings. The predicted octanol–water partition coefficient (Wildman–Crippen LogP) is 1.99. The zero-order valence-corrected chi connectivity index (χ0v) is 13.8. The van der Waals surface area contributed by atoms with Crippen LogP contribution < -0.4 is 5.11 Å². The monoisotopic (exact) mass is 357 g/mol. The number of nitrogens with zero attached hydrogens (tertiary/aromatic N) is 2. The highest BCUT2D eigenvalue weighted by Gasteiger charge is 2.13. The van der Waals surface area contributed by atoms with Gasteiger partial charge in [-0.2, -0.15) is 0 Å². The zero-order chi connectivity index (χ0) is 19.3. The lowest BCUT2D eigenvalue weighted by atomic mass is 10.1. The van der Waals surface area contributed by atoms with E-state index < -0.39 is 22.6 Å². The van der Waals surface area contributed by atoms with Crippen LogP contribution in [0.3, 0.4) is 0 Å². The van der Waals surface area contributed by atoms with E-state index in [9.17, 15) is 24.8 Å². The van der Waals surface area contributed by atoms with Gasteiger partial charge in [0, 0.05) is 18.3 Å². The number of hydrogen-bond acceptors (Lipinski definition) is 8. The highest BCUT2D eigenvalue weighted by atomic mass is 16.6. The summed E-state index contributed by atoms with van der Waals surface area (Å²) in [4.78, 5) is 37.6. The van der Waals surface area contributed by atoms with Crippen molar-refractivity contribution >= 4 is 29.5 Å². The van der Waals surface area contributed by atoms with Gasteiger partial charge in [0.15, 0.2) is 0 Å². The van der Waals surface area contributed by atoms with Crippen LogP contribution in [0.4, 0.5) is 11.4 Å². The first-order valence-corrected chi connectivity index (χ1v) is 7.17. The number of nitro groups is 1. The Morgan fingerprint density at radius 1 is 1.04 bits per heavy atom. The smallest absolute Gasteiger partial charge is 0.337 e. The van der Waals surface area contributed by atoms with Crippen LogP contribution in [0.1, 0.15) is 26.3 Å². The lowest BCUT2D eigenvalue weighted by Gasteiger charge is -2.09. The molecule has 26 heavy (non-hydrogen) atoms. The molecule has 0 atom stereocenters. The number of carbonyl (C=O) groups excluding carboxylic acids is 2. The maximum Gasteiger partial charge on any atom is 0.337 e. The van der Waals surface area contributed by atoms with Crippen LogP contribution in [0.5, 0.6) is 5.75 Å². The standard InChI is InChI=1S/C17H14N2O7/c1-25-16(21)10-5-11(17(22)26-2)7-13(6-10)18-9-12-8-14(19(23)24)3-4-15(12)20/h3-9,20H,1-2H3/p-1. The number of hydrogen-bond donors (Lipinski definition) is 0. The Bertz CT molecular complexity index is 872. The molecular formula is C17H13N2O7-. The molecule has 0 bridgehead atoms. The summed E-state index contributed by atoms with van der Waals surface area (Å²) in [5, 5.41) is 22.6. The van der Waals surface area contributed by atoms with E-state index in [1.807, 2.05) is 0 Å². The van der Waals surface area contributed by atoms with Crippen molar-refractivity contribution in [1.82, 2.24) is 0 Å². The third kappa shape index (κ3) is 4.20. The van der Waals surface area contributed by atoms with Crippen LogP contribution >= 0.6 is 0 Å². The number of ether oxygens (including phenoxy) is 2. The molecule has 2 rings (SSSR count). The first kappa shape index (κ1) is 18.6. The van der Waals surface area contributed by atoms with Crippen molar-refractivity contribution in [1.29, 1.82) is 0 Å². The van der Waals surface area contributed by atoms with Gasteiger partial charge in [-0.15, -0.1) is 0 Å². The molecule has 0 aliphatic rings. The first-order valence-electron chi connectivity index (χ1n) is 7.17. The van der Waals surface area contributed by atoms with Crippen molar-refractivity contribution in [2.24, 2.45) is 4.99 Å². The summed E-state index contributed by atoms with van der Waals surface area (Å²) in [6.07, 6.45) is 1.12. The van der Waals surface area contributed by atoms with Crippen molar-refractivity contribution < 1.29 is 29.1 Å². The van der Waals surface area contributed by atoms with Gasteiger partial charge in [-0.1, -0.05) is 11.8 Å². The third-order valence-electron chi connectivity index (χ3n) is 3.32. The van der Waals surface area contributed by atoms with Crippen LogP contribution in [0, 0.1) is 10.1 Å². The van der Waals surface area contributed by atoms with E-state index in [0.717, 1.165) is 24.4 Å². The molecule has 9 nitrogen and oxygen atoms in total. The van der Waals surface area contributed by atoms with Crippen molar-refractivity contribution in [3.63, 3.8) is 0 Å². The van der Waals surface area contributed by atoms with E-state index in [1.54, 1.807) is 0 Å². The number of carbonyl (C=O) groups is 2. The van der Waals surface area contributed by atoms with E-state index >= 15 is 0 Å². The number of esters is 2. The molecule has 0 heterocycles. The van der Waals surface area contributed by atoms with E-state index in [0.29, 0.717) is 0 Å². The number of non-ortho nitro benzene ring substituents is 1. The molecule has 2 aromatic carbocycles.